The Balaban J connectivity index is 1.35. The third kappa shape index (κ3) is 5.03. The Bertz CT molecular complexity index is 1160. The highest BCUT2D eigenvalue weighted by Gasteiger charge is 2.53. The fraction of sp³-hybridized carbons (Fsp3) is 0.536. The number of carbonyl (C=O) groups excluding carboxylic acids is 1. The quantitative estimate of drug-likeness (QED) is 0.501. The van der Waals surface area contributed by atoms with Crippen molar-refractivity contribution in [2.45, 2.75) is 69.9 Å². The molecule has 0 aromatic heterocycles. The highest BCUT2D eigenvalue weighted by molar-refractivity contribution is 7.89. The van der Waals surface area contributed by atoms with Crippen LogP contribution in [0.1, 0.15) is 56.6 Å². The first-order chi connectivity index (χ1) is 16.6. The molecular weight excluding hydrogens is 480 g/mol. The van der Waals surface area contributed by atoms with Crippen molar-refractivity contribution in [1.82, 2.24) is 9.62 Å². The van der Waals surface area contributed by atoms with Gasteiger partial charge in [0.05, 0.1) is 11.4 Å². The maximum Gasteiger partial charge on any atom is 0.243 e. The number of aryl methyl sites for hydroxylation is 1. The van der Waals surface area contributed by atoms with Gasteiger partial charge in [0.25, 0.3) is 0 Å². The van der Waals surface area contributed by atoms with E-state index in [-0.39, 0.29) is 35.3 Å². The van der Waals surface area contributed by atoms with Crippen molar-refractivity contribution in [2.75, 3.05) is 6.54 Å². The van der Waals surface area contributed by atoms with Crippen LogP contribution in [0.4, 0.5) is 0 Å². The Morgan fingerprint density at radius 2 is 1.60 bits per heavy atom. The topological polar surface area (TPSA) is 66.5 Å². The first kappa shape index (κ1) is 24.8. The summed E-state index contributed by atoms with van der Waals surface area (Å²) in [6.07, 6.45) is 7.60. The van der Waals surface area contributed by atoms with E-state index in [1.165, 1.54) is 42.8 Å². The summed E-state index contributed by atoms with van der Waals surface area (Å²) in [6, 6.07) is 14.0. The van der Waals surface area contributed by atoms with Crippen LogP contribution in [-0.4, -0.2) is 31.2 Å². The van der Waals surface area contributed by atoms with Crippen LogP contribution in [-0.2, 0) is 21.4 Å². The second-order valence-corrected chi connectivity index (χ2v) is 13.6. The molecule has 6 rings (SSSR count). The van der Waals surface area contributed by atoms with Crippen LogP contribution >= 0.6 is 11.6 Å². The van der Waals surface area contributed by atoms with Crippen LogP contribution < -0.4 is 5.32 Å². The van der Waals surface area contributed by atoms with Gasteiger partial charge in [0.2, 0.25) is 15.9 Å². The minimum Gasteiger partial charge on any atom is -0.352 e. The molecule has 188 valence electrons. The second kappa shape index (κ2) is 9.53. The van der Waals surface area contributed by atoms with Gasteiger partial charge in [-0.1, -0.05) is 47.5 Å². The number of hydrogen-bond acceptors (Lipinski definition) is 3. The minimum absolute atomic E-state index is 0.0349. The lowest BCUT2D eigenvalue weighted by Crippen LogP contribution is -2.56. The van der Waals surface area contributed by atoms with E-state index < -0.39 is 10.0 Å². The minimum atomic E-state index is -3.89. The highest BCUT2D eigenvalue weighted by atomic mass is 35.5. The predicted octanol–water partition coefficient (Wildman–Crippen LogP) is 5.56. The van der Waals surface area contributed by atoms with Crippen LogP contribution in [0.3, 0.4) is 0 Å². The molecule has 1 atom stereocenters. The van der Waals surface area contributed by atoms with Crippen LogP contribution in [0.25, 0.3) is 0 Å². The van der Waals surface area contributed by atoms with Crippen LogP contribution in [0.2, 0.25) is 5.02 Å². The molecule has 0 aliphatic heterocycles. The number of rotatable bonds is 8. The molecule has 0 heterocycles. The molecule has 1 N–H and O–H groups in total. The lowest BCUT2D eigenvalue weighted by molar-refractivity contribution is -0.126. The molecule has 1 unspecified atom stereocenters. The van der Waals surface area contributed by atoms with Gasteiger partial charge in [0.15, 0.2) is 0 Å². The monoisotopic (exact) mass is 514 g/mol. The zero-order valence-corrected chi connectivity index (χ0v) is 22.1. The Morgan fingerprint density at radius 1 is 1.03 bits per heavy atom. The lowest BCUT2D eigenvalue weighted by Gasteiger charge is -2.59. The molecule has 2 aromatic rings. The molecule has 35 heavy (non-hydrogen) atoms. The fourth-order valence-corrected chi connectivity index (χ4v) is 8.78. The number of sulfonamides is 1. The summed E-state index contributed by atoms with van der Waals surface area (Å²) in [4.78, 5) is 13.5. The van der Waals surface area contributed by atoms with E-state index in [9.17, 15) is 13.2 Å². The molecular formula is C28H35ClN2O3S. The van der Waals surface area contributed by atoms with Crippen LogP contribution in [0.15, 0.2) is 53.4 Å². The van der Waals surface area contributed by atoms with Gasteiger partial charge >= 0.3 is 0 Å². The van der Waals surface area contributed by atoms with Gasteiger partial charge in [-0.25, -0.2) is 8.42 Å². The van der Waals surface area contributed by atoms with Crippen LogP contribution in [0.5, 0.6) is 0 Å². The van der Waals surface area contributed by atoms with Gasteiger partial charge in [-0.2, -0.15) is 4.31 Å². The summed E-state index contributed by atoms with van der Waals surface area (Å²) in [5.41, 5.74) is 1.81. The average molecular weight is 515 g/mol. The highest BCUT2D eigenvalue weighted by Crippen LogP contribution is 2.61. The summed E-state index contributed by atoms with van der Waals surface area (Å²) in [5.74, 6) is 2.12. The largest absolute Gasteiger partial charge is 0.352 e. The molecule has 0 saturated heterocycles. The molecule has 4 saturated carbocycles. The Kier molecular flexibility index (Phi) is 6.75. The van der Waals surface area contributed by atoms with E-state index in [2.05, 4.69) is 12.2 Å². The van der Waals surface area contributed by atoms with Crippen LogP contribution in [0, 0.1) is 30.1 Å². The normalized spacial score (nSPS) is 28.3. The lowest BCUT2D eigenvalue weighted by atomic mass is 9.48. The van der Waals surface area contributed by atoms with Gasteiger partial charge in [0, 0.05) is 17.6 Å². The number of nitrogens with zero attached hydrogens (tertiary/aromatic N) is 1. The number of nitrogens with one attached hydrogen (secondary N) is 1. The molecule has 0 spiro atoms. The Morgan fingerprint density at radius 3 is 2.17 bits per heavy atom. The third-order valence-electron chi connectivity index (χ3n) is 8.66. The molecule has 0 radical (unpaired) electrons. The van der Waals surface area contributed by atoms with Gasteiger partial charge in [-0.3, -0.25) is 4.79 Å². The first-order valence-electron chi connectivity index (χ1n) is 12.7. The number of carbonyl (C=O) groups is 1. The molecule has 4 bridgehead atoms. The van der Waals surface area contributed by atoms with Gasteiger partial charge in [-0.05, 0) is 99.3 Å². The number of benzene rings is 2. The van der Waals surface area contributed by atoms with Crippen molar-refractivity contribution < 1.29 is 13.2 Å². The fourth-order valence-electron chi connectivity index (χ4n) is 7.21. The summed E-state index contributed by atoms with van der Waals surface area (Å²) >= 11 is 6.36. The standard InChI is InChI=1S/C28H35ClN2O3S/c1-19-7-9-25(10-8-19)35(33,34)31(17-24-5-3-4-6-26(24)29)18-27(32)30-20(2)28-14-21-11-22(15-28)13-23(12-21)16-28/h3-10,20-23H,11-18H2,1-2H3,(H,30,32). The van der Waals surface area contributed by atoms with E-state index in [1.807, 2.05) is 19.1 Å². The third-order valence-corrected chi connectivity index (χ3v) is 10.8. The zero-order chi connectivity index (χ0) is 24.8. The molecule has 5 nitrogen and oxygen atoms in total. The van der Waals surface area contributed by atoms with Crippen molar-refractivity contribution in [3.8, 4) is 0 Å². The van der Waals surface area contributed by atoms with E-state index in [1.54, 1.807) is 36.4 Å². The number of amides is 1. The molecule has 4 aliphatic rings. The summed E-state index contributed by atoms with van der Waals surface area (Å²) in [5, 5.41) is 3.71. The Hall–Kier alpha value is -1.89. The van der Waals surface area contributed by atoms with Crippen molar-refractivity contribution in [3.63, 3.8) is 0 Å². The smallest absolute Gasteiger partial charge is 0.243 e. The SMILES string of the molecule is Cc1ccc(S(=O)(=O)N(CC(=O)NC(C)C23CC4CC(CC(C4)C2)C3)Cc2ccccc2Cl)cc1. The van der Waals surface area contributed by atoms with E-state index in [0.29, 0.717) is 10.6 Å². The van der Waals surface area contributed by atoms with Crippen molar-refractivity contribution >= 4 is 27.5 Å². The summed E-state index contributed by atoms with van der Waals surface area (Å²) in [7, 11) is -3.89. The van der Waals surface area contributed by atoms with E-state index >= 15 is 0 Å². The summed E-state index contributed by atoms with van der Waals surface area (Å²) < 4.78 is 28.5. The maximum atomic E-state index is 13.6. The summed E-state index contributed by atoms with van der Waals surface area (Å²) in [6.45, 7) is 3.84. The number of hydrogen-bond donors (Lipinski definition) is 1. The van der Waals surface area contributed by atoms with Gasteiger partial charge < -0.3 is 5.32 Å². The van der Waals surface area contributed by atoms with Crippen molar-refractivity contribution in [1.29, 1.82) is 0 Å². The maximum absolute atomic E-state index is 13.6. The Labute approximate surface area is 214 Å². The molecule has 2 aromatic carbocycles. The molecule has 7 heteroatoms. The van der Waals surface area contributed by atoms with Crippen molar-refractivity contribution in [2.24, 2.45) is 23.2 Å². The van der Waals surface area contributed by atoms with E-state index in [4.69, 9.17) is 11.6 Å². The first-order valence-corrected chi connectivity index (χ1v) is 14.6. The van der Waals surface area contributed by atoms with Gasteiger partial charge in [0.1, 0.15) is 0 Å². The number of halogens is 1. The zero-order valence-electron chi connectivity index (χ0n) is 20.5. The van der Waals surface area contributed by atoms with Gasteiger partial charge in [-0.15, -0.1) is 0 Å². The molecule has 1 amide bonds. The second-order valence-electron chi connectivity index (χ2n) is 11.2. The molecule has 4 fully saturated rings. The average Bonchev–Trinajstić information content (AvgIpc) is 2.79. The molecule has 4 aliphatic carbocycles. The van der Waals surface area contributed by atoms with Crippen molar-refractivity contribution in [3.05, 3.63) is 64.7 Å². The predicted molar refractivity (Wildman–Crippen MR) is 138 cm³/mol. The van der Waals surface area contributed by atoms with E-state index in [0.717, 1.165) is 23.3 Å².